The van der Waals surface area contributed by atoms with Crippen LogP contribution in [0.4, 0.5) is 14.6 Å². The van der Waals surface area contributed by atoms with Gasteiger partial charge in [-0.05, 0) is 35.4 Å². The van der Waals surface area contributed by atoms with E-state index in [0.717, 1.165) is 35.4 Å². The number of anilines is 1. The van der Waals surface area contributed by atoms with Crippen LogP contribution in [0.1, 0.15) is 13.3 Å². The van der Waals surface area contributed by atoms with Gasteiger partial charge in [0.25, 0.3) is 0 Å². The monoisotopic (exact) mass is 357 g/mol. The van der Waals surface area contributed by atoms with Gasteiger partial charge in [0.2, 0.25) is 0 Å². The minimum Gasteiger partial charge on any atom is -0.433 e. The van der Waals surface area contributed by atoms with E-state index in [-0.39, 0.29) is 12.2 Å². The maximum atomic E-state index is 13.3. The Kier molecular flexibility index (Phi) is 4.06. The molecule has 134 valence electrons. The smallest absolute Gasteiger partial charge is 0.397 e. The number of rotatable bonds is 5. The Balaban J connectivity index is 1.64. The van der Waals surface area contributed by atoms with Crippen molar-refractivity contribution >= 4 is 23.1 Å². The molecule has 2 aromatic carbocycles. The summed E-state index contributed by atoms with van der Waals surface area (Å²) in [5, 5.41) is 5.02. The number of nitrogens with zero attached hydrogens (tertiary/aromatic N) is 3. The van der Waals surface area contributed by atoms with Crippen LogP contribution in [0.5, 0.6) is 5.75 Å². The Morgan fingerprint density at radius 3 is 2.62 bits per heavy atom. The molecule has 0 bridgehead atoms. The van der Waals surface area contributed by atoms with Crippen molar-refractivity contribution in [1.82, 2.24) is 5.16 Å². The van der Waals surface area contributed by atoms with E-state index >= 15 is 0 Å². The molecule has 0 amide bonds. The molecule has 1 aliphatic heterocycles. The third kappa shape index (κ3) is 3.12. The molecular formula is C19H17F2N3O2. The molecule has 0 radical (unpaired) electrons. The van der Waals surface area contributed by atoms with Crippen molar-refractivity contribution in [2.24, 2.45) is 4.99 Å². The van der Waals surface area contributed by atoms with Crippen molar-refractivity contribution in [3.05, 3.63) is 42.5 Å². The van der Waals surface area contributed by atoms with Crippen LogP contribution < -0.4 is 9.64 Å². The number of benzene rings is 2. The lowest BCUT2D eigenvalue weighted by molar-refractivity contribution is -0.177. The van der Waals surface area contributed by atoms with Crippen LogP contribution >= 0.6 is 0 Å². The van der Waals surface area contributed by atoms with E-state index in [4.69, 9.17) is 9.26 Å². The molecule has 1 aromatic heterocycles. The van der Waals surface area contributed by atoms with Gasteiger partial charge >= 0.3 is 6.11 Å². The molecule has 5 nitrogen and oxygen atoms in total. The van der Waals surface area contributed by atoms with E-state index in [0.29, 0.717) is 5.58 Å². The van der Waals surface area contributed by atoms with Crippen LogP contribution in [0.3, 0.4) is 0 Å². The first-order chi connectivity index (χ1) is 12.6. The topological polar surface area (TPSA) is 50.9 Å². The highest BCUT2D eigenvalue weighted by molar-refractivity contribution is 5.97. The normalized spacial score (nSPS) is 14.3. The van der Waals surface area contributed by atoms with Crippen molar-refractivity contribution in [1.29, 1.82) is 0 Å². The van der Waals surface area contributed by atoms with E-state index in [1.807, 2.05) is 23.1 Å². The highest BCUT2D eigenvalue weighted by Gasteiger charge is 2.28. The number of alkyl halides is 2. The molecule has 0 saturated heterocycles. The summed E-state index contributed by atoms with van der Waals surface area (Å²) in [6, 6.07) is 12.3. The van der Waals surface area contributed by atoms with Gasteiger partial charge in [0, 0.05) is 13.0 Å². The second kappa shape index (κ2) is 6.40. The van der Waals surface area contributed by atoms with Gasteiger partial charge in [-0.15, -0.1) is 0 Å². The van der Waals surface area contributed by atoms with Crippen molar-refractivity contribution < 1.29 is 18.0 Å². The van der Waals surface area contributed by atoms with Crippen LogP contribution in [0.25, 0.3) is 22.1 Å². The summed E-state index contributed by atoms with van der Waals surface area (Å²) in [7, 11) is 0. The molecule has 2 heterocycles. The molecule has 26 heavy (non-hydrogen) atoms. The minimum atomic E-state index is -3.16. The fourth-order valence-corrected chi connectivity index (χ4v) is 2.81. The summed E-state index contributed by atoms with van der Waals surface area (Å²) in [6.07, 6.45) is -1.78. The van der Waals surface area contributed by atoms with Crippen LogP contribution in [0.2, 0.25) is 0 Å². The molecule has 0 saturated carbocycles. The molecule has 0 spiro atoms. The Labute approximate surface area is 148 Å². The Morgan fingerprint density at radius 1 is 1.15 bits per heavy atom. The molecular weight excluding hydrogens is 340 g/mol. The molecule has 0 atom stereocenters. The number of halogens is 2. The second-order valence-corrected chi connectivity index (χ2v) is 6.05. The van der Waals surface area contributed by atoms with E-state index in [1.54, 1.807) is 30.6 Å². The van der Waals surface area contributed by atoms with Crippen LogP contribution in [0, 0.1) is 0 Å². The van der Waals surface area contributed by atoms with Crippen molar-refractivity contribution in [3.63, 3.8) is 0 Å². The third-order valence-electron chi connectivity index (χ3n) is 4.28. The van der Waals surface area contributed by atoms with Gasteiger partial charge in [0.1, 0.15) is 5.75 Å². The van der Waals surface area contributed by atoms with E-state index < -0.39 is 6.11 Å². The van der Waals surface area contributed by atoms with Crippen LogP contribution in [-0.2, 0) is 0 Å². The standard InChI is InChI=1S/C19H17F2N3O2/c1-2-19(20,21)25-15-6-3-13(4-7-15)14-5-8-17-16(11-14)18(23-26-17)24-10-9-22-12-24/h3-8,11-12H,2,9-10H2,1H3. The quantitative estimate of drug-likeness (QED) is 0.663. The van der Waals surface area contributed by atoms with Gasteiger partial charge in [0.05, 0.1) is 18.3 Å². The van der Waals surface area contributed by atoms with E-state index in [2.05, 4.69) is 10.1 Å². The van der Waals surface area contributed by atoms with E-state index in [1.165, 1.54) is 6.92 Å². The fourth-order valence-electron chi connectivity index (χ4n) is 2.81. The molecule has 7 heteroatoms. The largest absolute Gasteiger partial charge is 0.433 e. The summed E-state index contributed by atoms with van der Waals surface area (Å²) >= 11 is 0. The summed E-state index contributed by atoms with van der Waals surface area (Å²) in [4.78, 5) is 6.14. The number of aliphatic imine (C=N–C) groups is 1. The van der Waals surface area contributed by atoms with Gasteiger partial charge in [-0.3, -0.25) is 4.99 Å². The number of fused-ring (bicyclic) bond motifs is 1. The lowest BCUT2D eigenvalue weighted by Crippen LogP contribution is -2.22. The summed E-state index contributed by atoms with van der Waals surface area (Å²) in [5.74, 6) is 0.867. The minimum absolute atomic E-state index is 0.139. The highest BCUT2D eigenvalue weighted by Crippen LogP contribution is 2.32. The summed E-state index contributed by atoms with van der Waals surface area (Å²) in [6.45, 7) is 2.88. The first-order valence-corrected chi connectivity index (χ1v) is 8.39. The second-order valence-electron chi connectivity index (χ2n) is 6.05. The molecule has 0 fully saturated rings. The zero-order valence-electron chi connectivity index (χ0n) is 14.2. The lowest BCUT2D eigenvalue weighted by atomic mass is 10.0. The first-order valence-electron chi connectivity index (χ1n) is 8.39. The van der Waals surface area contributed by atoms with Gasteiger partial charge in [0.15, 0.2) is 11.4 Å². The third-order valence-corrected chi connectivity index (χ3v) is 4.28. The Bertz CT molecular complexity index is 951. The number of aromatic nitrogens is 1. The SMILES string of the molecule is CCC(F)(F)Oc1ccc(-c2ccc3onc(N4C=NCC4)c3c2)cc1. The van der Waals surface area contributed by atoms with Crippen LogP contribution in [-0.4, -0.2) is 30.7 Å². The number of ether oxygens (including phenoxy) is 1. The fraction of sp³-hybridized carbons (Fsp3) is 0.263. The van der Waals surface area contributed by atoms with E-state index in [9.17, 15) is 8.78 Å². The first kappa shape index (κ1) is 16.5. The summed E-state index contributed by atoms with van der Waals surface area (Å²) < 4.78 is 36.8. The van der Waals surface area contributed by atoms with Crippen molar-refractivity contribution in [2.75, 3.05) is 18.0 Å². The molecule has 1 aliphatic rings. The van der Waals surface area contributed by atoms with Crippen molar-refractivity contribution in [2.45, 2.75) is 19.5 Å². The lowest BCUT2D eigenvalue weighted by Gasteiger charge is -2.16. The van der Waals surface area contributed by atoms with Gasteiger partial charge in [-0.2, -0.15) is 8.78 Å². The molecule has 0 unspecified atom stereocenters. The number of hydrogen-bond donors (Lipinski definition) is 0. The molecule has 0 aliphatic carbocycles. The Hall–Kier alpha value is -2.96. The molecule has 3 aromatic rings. The maximum Gasteiger partial charge on any atom is 0.397 e. The Morgan fingerprint density at radius 2 is 1.92 bits per heavy atom. The maximum absolute atomic E-state index is 13.3. The predicted molar refractivity (Wildman–Crippen MR) is 96.0 cm³/mol. The zero-order valence-corrected chi connectivity index (χ0v) is 14.2. The average Bonchev–Trinajstić information content (AvgIpc) is 3.31. The van der Waals surface area contributed by atoms with Gasteiger partial charge < -0.3 is 14.2 Å². The summed E-state index contributed by atoms with van der Waals surface area (Å²) in [5.41, 5.74) is 2.51. The average molecular weight is 357 g/mol. The zero-order chi connectivity index (χ0) is 18.1. The van der Waals surface area contributed by atoms with Gasteiger partial charge in [-0.1, -0.05) is 30.3 Å². The van der Waals surface area contributed by atoms with Crippen molar-refractivity contribution in [3.8, 4) is 16.9 Å². The molecule has 4 rings (SSSR count). The highest BCUT2D eigenvalue weighted by atomic mass is 19.3. The van der Waals surface area contributed by atoms with Crippen LogP contribution in [0.15, 0.2) is 52.0 Å². The predicted octanol–water partition coefficient (Wildman–Crippen LogP) is 4.72. The number of hydrogen-bond acceptors (Lipinski definition) is 5. The molecule has 0 N–H and O–H groups in total. The van der Waals surface area contributed by atoms with Gasteiger partial charge in [-0.25, -0.2) is 0 Å².